The van der Waals surface area contributed by atoms with E-state index in [-0.39, 0.29) is 6.42 Å². The predicted molar refractivity (Wildman–Crippen MR) is 138 cm³/mol. The van der Waals surface area contributed by atoms with Gasteiger partial charge in [-0.15, -0.1) is 0 Å². The number of halogens is 3. The average molecular weight is 524 g/mol. The fourth-order valence-corrected chi connectivity index (χ4v) is 4.13. The third kappa shape index (κ3) is 9.43. The first-order valence-corrected chi connectivity index (χ1v) is 12.4. The summed E-state index contributed by atoms with van der Waals surface area (Å²) in [5, 5.41) is 4.89. The minimum absolute atomic E-state index is 0.182. The molecule has 0 heterocycles. The SMILES string of the molecule is C[N+](CCN)(CCN)CCC[C@H](N)C(=O)N[C@@H](CCc1ccccc1)C(=O)Nc1ccc(F)c(F)c1F. The summed E-state index contributed by atoms with van der Waals surface area (Å²) in [5.74, 6) is -5.89. The molecule has 0 aliphatic rings. The molecule has 0 spiro atoms. The van der Waals surface area contributed by atoms with Crippen molar-refractivity contribution in [3.63, 3.8) is 0 Å². The number of hydrogen-bond donors (Lipinski definition) is 5. The van der Waals surface area contributed by atoms with Gasteiger partial charge in [0, 0.05) is 13.1 Å². The maximum Gasteiger partial charge on any atom is 0.247 e. The highest BCUT2D eigenvalue weighted by molar-refractivity contribution is 5.97. The molecule has 0 saturated heterocycles. The van der Waals surface area contributed by atoms with E-state index in [1.54, 1.807) is 0 Å². The van der Waals surface area contributed by atoms with E-state index >= 15 is 0 Å². The maximum absolute atomic E-state index is 14.1. The molecule has 8 N–H and O–H groups in total. The van der Waals surface area contributed by atoms with Crippen molar-refractivity contribution in [2.45, 2.75) is 37.8 Å². The van der Waals surface area contributed by atoms with E-state index in [1.165, 1.54) is 0 Å². The van der Waals surface area contributed by atoms with Crippen LogP contribution in [0.15, 0.2) is 42.5 Å². The Labute approximate surface area is 216 Å². The zero-order valence-corrected chi connectivity index (χ0v) is 21.2. The van der Waals surface area contributed by atoms with Gasteiger partial charge < -0.3 is 32.3 Å². The summed E-state index contributed by atoms with van der Waals surface area (Å²) in [6.45, 7) is 3.27. The van der Waals surface area contributed by atoms with E-state index in [4.69, 9.17) is 17.2 Å². The zero-order chi connectivity index (χ0) is 27.4. The van der Waals surface area contributed by atoms with E-state index in [0.717, 1.165) is 31.3 Å². The predicted octanol–water partition coefficient (Wildman–Crippen LogP) is 1.63. The third-order valence-electron chi connectivity index (χ3n) is 6.38. The van der Waals surface area contributed by atoms with Gasteiger partial charge >= 0.3 is 0 Å². The average Bonchev–Trinajstić information content (AvgIpc) is 2.87. The van der Waals surface area contributed by atoms with E-state index < -0.39 is 47.0 Å². The molecule has 11 heteroatoms. The van der Waals surface area contributed by atoms with E-state index in [0.29, 0.717) is 42.9 Å². The second kappa shape index (κ2) is 14.7. The van der Waals surface area contributed by atoms with Crippen LogP contribution in [0.25, 0.3) is 0 Å². The number of anilines is 1. The summed E-state index contributed by atoms with van der Waals surface area (Å²) >= 11 is 0. The topological polar surface area (TPSA) is 136 Å². The van der Waals surface area contributed by atoms with Crippen LogP contribution < -0.4 is 27.8 Å². The summed E-state index contributed by atoms with van der Waals surface area (Å²) in [5.41, 5.74) is 17.9. The quantitative estimate of drug-likeness (QED) is 0.179. The molecule has 0 radical (unpaired) electrons. The van der Waals surface area contributed by atoms with Crippen LogP contribution >= 0.6 is 0 Å². The van der Waals surface area contributed by atoms with Gasteiger partial charge in [-0.3, -0.25) is 9.59 Å². The molecule has 0 aromatic heterocycles. The molecular formula is C26H38F3N6O2+. The maximum atomic E-state index is 14.1. The minimum Gasteiger partial charge on any atom is -0.343 e. The molecule has 204 valence electrons. The van der Waals surface area contributed by atoms with Crippen LogP contribution in [0.2, 0.25) is 0 Å². The van der Waals surface area contributed by atoms with Crippen LogP contribution in [0, 0.1) is 17.5 Å². The van der Waals surface area contributed by atoms with Gasteiger partial charge in [-0.25, -0.2) is 13.2 Å². The van der Waals surface area contributed by atoms with Crippen molar-refractivity contribution >= 4 is 17.5 Å². The van der Waals surface area contributed by atoms with Crippen molar-refractivity contribution in [2.24, 2.45) is 17.2 Å². The summed E-state index contributed by atoms with van der Waals surface area (Å²) < 4.78 is 41.7. The molecule has 2 amide bonds. The molecule has 0 fully saturated rings. The van der Waals surface area contributed by atoms with Crippen LogP contribution in [0.1, 0.15) is 24.8 Å². The first-order valence-electron chi connectivity index (χ1n) is 12.4. The molecule has 2 aromatic rings. The first kappa shape index (κ1) is 30.2. The van der Waals surface area contributed by atoms with Gasteiger partial charge in [0.25, 0.3) is 0 Å². The number of nitrogens with zero attached hydrogens (tertiary/aromatic N) is 1. The Balaban J connectivity index is 2.06. The lowest BCUT2D eigenvalue weighted by molar-refractivity contribution is -0.907. The number of nitrogens with two attached hydrogens (primary N) is 3. The molecule has 0 unspecified atom stereocenters. The van der Waals surface area contributed by atoms with Gasteiger partial charge in [0.1, 0.15) is 6.04 Å². The molecule has 2 aromatic carbocycles. The fraction of sp³-hybridized carbons (Fsp3) is 0.462. The van der Waals surface area contributed by atoms with Crippen LogP contribution in [0.4, 0.5) is 18.9 Å². The van der Waals surface area contributed by atoms with Crippen molar-refractivity contribution in [1.29, 1.82) is 0 Å². The number of quaternary nitrogens is 1. The summed E-state index contributed by atoms with van der Waals surface area (Å²) in [7, 11) is 2.05. The molecule has 0 bridgehead atoms. The Morgan fingerprint density at radius 2 is 1.54 bits per heavy atom. The number of rotatable bonds is 15. The molecule has 37 heavy (non-hydrogen) atoms. The summed E-state index contributed by atoms with van der Waals surface area (Å²) in [6, 6.07) is 8.96. The molecule has 0 aliphatic heterocycles. The smallest absolute Gasteiger partial charge is 0.247 e. The second-order valence-corrected chi connectivity index (χ2v) is 9.41. The Morgan fingerprint density at radius 3 is 2.16 bits per heavy atom. The van der Waals surface area contributed by atoms with Gasteiger partial charge in [0.15, 0.2) is 17.5 Å². The highest BCUT2D eigenvalue weighted by atomic mass is 19.2. The van der Waals surface area contributed by atoms with Crippen LogP contribution in [-0.4, -0.2) is 68.2 Å². The summed E-state index contributed by atoms with van der Waals surface area (Å²) in [4.78, 5) is 25.8. The Kier molecular flexibility index (Phi) is 12.0. The zero-order valence-electron chi connectivity index (χ0n) is 21.2. The number of nitrogens with one attached hydrogen (secondary N) is 2. The van der Waals surface area contributed by atoms with Gasteiger partial charge in [-0.2, -0.15) is 0 Å². The molecule has 8 nitrogen and oxygen atoms in total. The second-order valence-electron chi connectivity index (χ2n) is 9.41. The number of benzene rings is 2. The number of carbonyl (C=O) groups is 2. The number of likely N-dealkylation sites (N-methyl/N-ethyl adjacent to an activating group) is 1. The lowest BCUT2D eigenvalue weighted by Crippen LogP contribution is -2.52. The van der Waals surface area contributed by atoms with Gasteiger partial charge in [-0.1, -0.05) is 30.3 Å². The van der Waals surface area contributed by atoms with E-state index in [1.807, 2.05) is 37.4 Å². The Bertz CT molecular complexity index is 1020. The largest absolute Gasteiger partial charge is 0.343 e. The van der Waals surface area contributed by atoms with Crippen LogP contribution in [-0.2, 0) is 16.0 Å². The standard InChI is InChI=1S/C26H37F3N6O2/c1-35(16-13-30,17-14-31)15-5-8-20(32)25(36)34-22(11-9-18-6-3-2-4-7-18)26(37)33-21-12-10-19(27)23(28)24(21)29/h2-4,6-7,10,12,20,22H,5,8-9,11,13-17,30-32H2,1H3,(H-,33,34,36,37)/p+1/t20-,22-/m0/s1. The van der Waals surface area contributed by atoms with Gasteiger partial charge in [0.05, 0.1) is 38.4 Å². The molecule has 0 saturated carbocycles. The summed E-state index contributed by atoms with van der Waals surface area (Å²) in [6.07, 6.45) is 1.63. The molecular weight excluding hydrogens is 485 g/mol. The Hall–Kier alpha value is -2.99. The number of amides is 2. The van der Waals surface area contributed by atoms with Crippen molar-refractivity contribution in [3.8, 4) is 0 Å². The van der Waals surface area contributed by atoms with E-state index in [9.17, 15) is 22.8 Å². The molecule has 2 atom stereocenters. The van der Waals surface area contributed by atoms with Crippen molar-refractivity contribution in [1.82, 2.24) is 5.32 Å². The van der Waals surface area contributed by atoms with Crippen molar-refractivity contribution < 1.29 is 27.2 Å². The lowest BCUT2D eigenvalue weighted by atomic mass is 10.0. The van der Waals surface area contributed by atoms with Crippen LogP contribution in [0.5, 0.6) is 0 Å². The van der Waals surface area contributed by atoms with E-state index in [2.05, 4.69) is 10.6 Å². The first-order chi connectivity index (χ1) is 17.6. The molecule has 2 rings (SSSR count). The highest BCUT2D eigenvalue weighted by Gasteiger charge is 2.26. The van der Waals surface area contributed by atoms with Crippen LogP contribution in [0.3, 0.4) is 0 Å². The number of carbonyl (C=O) groups excluding carboxylic acids is 2. The lowest BCUT2D eigenvalue weighted by Gasteiger charge is -2.34. The third-order valence-corrected chi connectivity index (χ3v) is 6.38. The van der Waals surface area contributed by atoms with Crippen molar-refractivity contribution in [3.05, 3.63) is 65.5 Å². The molecule has 0 aliphatic carbocycles. The minimum atomic E-state index is -1.70. The van der Waals surface area contributed by atoms with Crippen molar-refractivity contribution in [2.75, 3.05) is 45.1 Å². The highest BCUT2D eigenvalue weighted by Crippen LogP contribution is 2.20. The van der Waals surface area contributed by atoms with Gasteiger partial charge in [-0.05, 0) is 43.4 Å². The Morgan fingerprint density at radius 1 is 0.892 bits per heavy atom. The van der Waals surface area contributed by atoms with Gasteiger partial charge in [0.2, 0.25) is 11.8 Å². The normalized spacial score (nSPS) is 13.2. The number of hydrogen-bond acceptors (Lipinski definition) is 5. The number of aryl methyl sites for hydroxylation is 1. The fourth-order valence-electron chi connectivity index (χ4n) is 4.13. The monoisotopic (exact) mass is 523 g/mol.